The summed E-state index contributed by atoms with van der Waals surface area (Å²) in [7, 11) is 0. The fourth-order valence-electron chi connectivity index (χ4n) is 3.98. The molecule has 3 heterocycles. The molecule has 0 unspecified atom stereocenters. The summed E-state index contributed by atoms with van der Waals surface area (Å²) in [6, 6.07) is 6.03. The van der Waals surface area contributed by atoms with Crippen molar-refractivity contribution < 1.29 is 19.1 Å². The van der Waals surface area contributed by atoms with Gasteiger partial charge in [0.25, 0.3) is 11.1 Å². The minimum absolute atomic E-state index is 0.0453. The Hall–Kier alpha value is -2.84. The molecule has 31 heavy (non-hydrogen) atoms. The molecule has 8 heteroatoms. The number of amides is 3. The molecule has 0 saturated carbocycles. The van der Waals surface area contributed by atoms with E-state index < -0.39 is 0 Å². The second kappa shape index (κ2) is 9.11. The van der Waals surface area contributed by atoms with Gasteiger partial charge in [0.1, 0.15) is 6.54 Å². The van der Waals surface area contributed by atoms with Gasteiger partial charge in [-0.05, 0) is 29.8 Å². The van der Waals surface area contributed by atoms with Crippen LogP contribution in [-0.4, -0.2) is 64.3 Å². The van der Waals surface area contributed by atoms with Crippen LogP contribution < -0.4 is 0 Å². The van der Waals surface area contributed by atoms with Gasteiger partial charge in [-0.25, -0.2) is 0 Å². The number of carbonyl (C=O) groups is 3. The zero-order valence-electron chi connectivity index (χ0n) is 17.5. The Labute approximate surface area is 185 Å². The average molecular weight is 440 g/mol. The van der Waals surface area contributed by atoms with Crippen molar-refractivity contribution in [2.24, 2.45) is 0 Å². The van der Waals surface area contributed by atoms with Gasteiger partial charge >= 0.3 is 0 Å². The SMILES string of the molecule is C=CCN1C(=O)S/C(=C\c2cn(CC(=O)N3CCOCC3)c3c(CC)cccc23)C1=O. The predicted octanol–water partition coefficient (Wildman–Crippen LogP) is 3.28. The summed E-state index contributed by atoms with van der Waals surface area (Å²) in [5.41, 5.74) is 2.94. The molecular formula is C23H25N3O4S. The zero-order chi connectivity index (χ0) is 22.0. The number of rotatable bonds is 6. The zero-order valence-corrected chi connectivity index (χ0v) is 18.3. The Balaban J connectivity index is 1.72. The first-order valence-corrected chi connectivity index (χ1v) is 11.2. The first kappa shape index (κ1) is 21.4. The molecule has 0 spiro atoms. The molecule has 0 atom stereocenters. The Morgan fingerprint density at radius 3 is 2.74 bits per heavy atom. The maximum absolute atomic E-state index is 12.9. The van der Waals surface area contributed by atoms with E-state index in [1.54, 1.807) is 6.08 Å². The van der Waals surface area contributed by atoms with Crippen molar-refractivity contribution in [1.29, 1.82) is 0 Å². The number of morpholine rings is 1. The van der Waals surface area contributed by atoms with E-state index >= 15 is 0 Å². The lowest BCUT2D eigenvalue weighted by molar-refractivity contribution is -0.135. The maximum atomic E-state index is 12.9. The molecule has 3 amide bonds. The number of para-hydroxylation sites is 1. The minimum atomic E-state index is -0.313. The predicted molar refractivity (Wildman–Crippen MR) is 122 cm³/mol. The highest BCUT2D eigenvalue weighted by Crippen LogP contribution is 2.34. The highest BCUT2D eigenvalue weighted by atomic mass is 32.2. The fraction of sp³-hybridized carbons (Fsp3) is 0.348. The number of hydrogen-bond donors (Lipinski definition) is 0. The van der Waals surface area contributed by atoms with Crippen molar-refractivity contribution in [2.45, 2.75) is 19.9 Å². The normalized spacial score (nSPS) is 18.4. The third-order valence-corrected chi connectivity index (χ3v) is 6.44. The molecule has 2 fully saturated rings. The van der Waals surface area contributed by atoms with Crippen LogP contribution in [0.2, 0.25) is 0 Å². The molecule has 0 radical (unpaired) electrons. The number of imide groups is 1. The first-order chi connectivity index (χ1) is 15.0. The average Bonchev–Trinajstić information content (AvgIpc) is 3.26. The molecule has 2 aliphatic heterocycles. The Bertz CT molecular complexity index is 1080. The van der Waals surface area contributed by atoms with Gasteiger partial charge in [-0.1, -0.05) is 31.2 Å². The van der Waals surface area contributed by atoms with E-state index in [1.165, 1.54) is 11.0 Å². The van der Waals surface area contributed by atoms with E-state index in [4.69, 9.17) is 4.74 Å². The lowest BCUT2D eigenvalue weighted by Gasteiger charge is -2.27. The quantitative estimate of drug-likeness (QED) is 0.510. The van der Waals surface area contributed by atoms with E-state index in [0.717, 1.165) is 40.2 Å². The van der Waals surface area contributed by atoms with Gasteiger partial charge in [0, 0.05) is 36.8 Å². The number of hydrogen-bond acceptors (Lipinski definition) is 5. The molecule has 1 aromatic heterocycles. The van der Waals surface area contributed by atoms with Gasteiger partial charge in [0.15, 0.2) is 0 Å². The molecular weight excluding hydrogens is 414 g/mol. The van der Waals surface area contributed by atoms with E-state index in [2.05, 4.69) is 19.6 Å². The summed E-state index contributed by atoms with van der Waals surface area (Å²) in [5.74, 6) is -0.268. The molecule has 0 bridgehead atoms. The van der Waals surface area contributed by atoms with Crippen LogP contribution in [0.5, 0.6) is 0 Å². The maximum Gasteiger partial charge on any atom is 0.293 e. The highest BCUT2D eigenvalue weighted by molar-refractivity contribution is 8.18. The van der Waals surface area contributed by atoms with Crippen LogP contribution in [0.25, 0.3) is 17.0 Å². The fourth-order valence-corrected chi connectivity index (χ4v) is 4.82. The van der Waals surface area contributed by atoms with E-state index in [0.29, 0.717) is 31.2 Å². The van der Waals surface area contributed by atoms with Crippen LogP contribution in [0.1, 0.15) is 18.1 Å². The number of aryl methyl sites for hydroxylation is 1. The van der Waals surface area contributed by atoms with Gasteiger partial charge in [-0.2, -0.15) is 0 Å². The summed E-state index contributed by atoms with van der Waals surface area (Å²) in [6.07, 6.45) is 6.02. The summed E-state index contributed by atoms with van der Waals surface area (Å²) >= 11 is 0.933. The van der Waals surface area contributed by atoms with Crippen LogP contribution in [0.15, 0.2) is 42.0 Å². The van der Waals surface area contributed by atoms with Gasteiger partial charge in [0.2, 0.25) is 5.91 Å². The first-order valence-electron chi connectivity index (χ1n) is 10.4. The van der Waals surface area contributed by atoms with Crippen molar-refractivity contribution in [3.8, 4) is 0 Å². The summed E-state index contributed by atoms with van der Waals surface area (Å²) in [5, 5.41) is 0.668. The number of nitrogens with zero attached hydrogens (tertiary/aromatic N) is 3. The second-order valence-corrected chi connectivity index (χ2v) is 8.45. The number of aromatic nitrogens is 1. The topological polar surface area (TPSA) is 71.8 Å². The molecule has 2 aliphatic rings. The number of thioether (sulfide) groups is 1. The van der Waals surface area contributed by atoms with Crippen molar-refractivity contribution in [2.75, 3.05) is 32.8 Å². The van der Waals surface area contributed by atoms with Crippen LogP contribution in [0, 0.1) is 0 Å². The van der Waals surface area contributed by atoms with Crippen LogP contribution in [0.3, 0.4) is 0 Å². The monoisotopic (exact) mass is 439 g/mol. The van der Waals surface area contributed by atoms with Gasteiger partial charge in [-0.3, -0.25) is 19.3 Å². The van der Waals surface area contributed by atoms with Crippen LogP contribution in [-0.2, 0) is 27.3 Å². The molecule has 7 nitrogen and oxygen atoms in total. The number of benzene rings is 1. The molecule has 1 aromatic carbocycles. The molecule has 2 saturated heterocycles. The second-order valence-electron chi connectivity index (χ2n) is 7.45. The van der Waals surface area contributed by atoms with Crippen LogP contribution in [0.4, 0.5) is 4.79 Å². The van der Waals surface area contributed by atoms with E-state index in [1.807, 2.05) is 27.8 Å². The highest BCUT2D eigenvalue weighted by Gasteiger charge is 2.34. The minimum Gasteiger partial charge on any atom is -0.378 e. The largest absolute Gasteiger partial charge is 0.378 e. The summed E-state index contributed by atoms with van der Waals surface area (Å²) < 4.78 is 7.31. The standard InChI is InChI=1S/C23H25N3O4S/c1-3-8-26-22(28)19(31-23(26)29)13-17-14-25(15-20(27)24-9-11-30-12-10-24)21-16(4-2)6-5-7-18(17)21/h3,5-7,13-14H,1,4,8-12,15H2,2H3/b19-13-. The van der Waals surface area contributed by atoms with Gasteiger partial charge in [0.05, 0.1) is 23.6 Å². The third-order valence-electron chi connectivity index (χ3n) is 5.53. The smallest absolute Gasteiger partial charge is 0.293 e. The van der Waals surface area contributed by atoms with E-state index in [9.17, 15) is 14.4 Å². The molecule has 4 rings (SSSR count). The number of ether oxygens (including phenoxy) is 1. The molecule has 0 N–H and O–H groups in total. The Kier molecular flexibility index (Phi) is 6.29. The number of fused-ring (bicyclic) bond motifs is 1. The Morgan fingerprint density at radius 2 is 2.03 bits per heavy atom. The molecule has 2 aromatic rings. The van der Waals surface area contributed by atoms with Crippen molar-refractivity contribution in [3.05, 3.63) is 53.1 Å². The third kappa shape index (κ3) is 4.18. The molecule has 0 aliphatic carbocycles. The summed E-state index contributed by atoms with van der Waals surface area (Å²) in [4.78, 5) is 41.1. The van der Waals surface area contributed by atoms with E-state index in [-0.39, 0.29) is 30.1 Å². The van der Waals surface area contributed by atoms with Crippen molar-refractivity contribution in [3.63, 3.8) is 0 Å². The van der Waals surface area contributed by atoms with Gasteiger partial charge in [-0.15, -0.1) is 6.58 Å². The van der Waals surface area contributed by atoms with Crippen molar-refractivity contribution >= 4 is 45.8 Å². The molecule has 162 valence electrons. The van der Waals surface area contributed by atoms with Crippen molar-refractivity contribution in [1.82, 2.24) is 14.4 Å². The Morgan fingerprint density at radius 1 is 1.26 bits per heavy atom. The lowest BCUT2D eigenvalue weighted by atomic mass is 10.1. The lowest BCUT2D eigenvalue weighted by Crippen LogP contribution is -2.42. The summed E-state index contributed by atoms with van der Waals surface area (Å²) in [6.45, 7) is 8.42. The van der Waals surface area contributed by atoms with Crippen LogP contribution >= 0.6 is 11.8 Å². The number of carbonyl (C=O) groups excluding carboxylic acids is 3. The van der Waals surface area contributed by atoms with Gasteiger partial charge < -0.3 is 14.2 Å².